The van der Waals surface area contributed by atoms with E-state index in [0.29, 0.717) is 60.9 Å². The summed E-state index contributed by atoms with van der Waals surface area (Å²) in [6.45, 7) is 9.04. The number of carbonyl (C=O) groups is 2. The second-order valence-electron chi connectivity index (χ2n) is 9.93. The Morgan fingerprint density at radius 1 is 1.06 bits per heavy atom. The van der Waals surface area contributed by atoms with E-state index in [9.17, 15) is 18.0 Å². The highest BCUT2D eigenvalue weighted by Crippen LogP contribution is 2.38. The molecule has 2 fully saturated rings. The SMILES string of the molecule is CCC(=O)N1CCc2cc(Br)c(S(=O)(=O)N3CCC(C(=O)N4C[C@@H](C)C[C@H](C)C4)CC3)cc21. The van der Waals surface area contributed by atoms with Gasteiger partial charge in [0.05, 0.1) is 4.90 Å². The van der Waals surface area contributed by atoms with Crippen LogP contribution >= 0.6 is 15.9 Å². The third kappa shape index (κ3) is 4.86. The number of anilines is 1. The van der Waals surface area contributed by atoms with Crippen molar-refractivity contribution in [3.8, 4) is 0 Å². The smallest absolute Gasteiger partial charge is 0.244 e. The van der Waals surface area contributed by atoms with Gasteiger partial charge in [-0.05, 0) is 71.1 Å². The number of hydrogen-bond acceptors (Lipinski definition) is 4. The number of hydrogen-bond donors (Lipinski definition) is 0. The van der Waals surface area contributed by atoms with E-state index in [1.54, 1.807) is 11.0 Å². The highest BCUT2D eigenvalue weighted by Gasteiger charge is 2.37. The van der Waals surface area contributed by atoms with Gasteiger partial charge in [0.25, 0.3) is 0 Å². The fourth-order valence-electron chi connectivity index (χ4n) is 5.62. The molecule has 7 nitrogen and oxygen atoms in total. The van der Waals surface area contributed by atoms with Crippen LogP contribution in [0.25, 0.3) is 0 Å². The van der Waals surface area contributed by atoms with Crippen molar-refractivity contribution in [1.82, 2.24) is 9.21 Å². The van der Waals surface area contributed by atoms with E-state index in [4.69, 9.17) is 0 Å². The molecule has 0 spiro atoms. The predicted octanol–water partition coefficient (Wildman–Crippen LogP) is 3.65. The maximum absolute atomic E-state index is 13.5. The van der Waals surface area contributed by atoms with E-state index >= 15 is 0 Å². The fraction of sp³-hybridized carbons (Fsp3) is 0.667. The second kappa shape index (κ2) is 9.66. The van der Waals surface area contributed by atoms with Crippen LogP contribution in [-0.4, -0.2) is 62.2 Å². The molecule has 2 saturated heterocycles. The molecule has 3 aliphatic rings. The summed E-state index contributed by atoms with van der Waals surface area (Å²) in [6, 6.07) is 3.48. The Balaban J connectivity index is 1.48. The van der Waals surface area contributed by atoms with Crippen molar-refractivity contribution in [2.45, 2.75) is 57.8 Å². The first-order valence-electron chi connectivity index (χ1n) is 12.0. The minimum atomic E-state index is -3.74. The van der Waals surface area contributed by atoms with Crippen molar-refractivity contribution >= 4 is 43.5 Å². The van der Waals surface area contributed by atoms with Crippen LogP contribution in [-0.2, 0) is 26.0 Å². The lowest BCUT2D eigenvalue weighted by Crippen LogP contribution is -2.48. The number of likely N-dealkylation sites (tertiary alicyclic amines) is 1. The maximum Gasteiger partial charge on any atom is 0.244 e. The summed E-state index contributed by atoms with van der Waals surface area (Å²) >= 11 is 3.45. The average molecular weight is 541 g/mol. The van der Waals surface area contributed by atoms with E-state index in [1.165, 1.54) is 4.31 Å². The molecule has 2 amide bonds. The van der Waals surface area contributed by atoms with Crippen LogP contribution in [0, 0.1) is 17.8 Å². The molecule has 3 aliphatic heterocycles. The Morgan fingerprint density at radius 3 is 2.30 bits per heavy atom. The van der Waals surface area contributed by atoms with Crippen molar-refractivity contribution in [1.29, 1.82) is 0 Å². The molecule has 1 aromatic rings. The minimum Gasteiger partial charge on any atom is -0.342 e. The Bertz CT molecular complexity index is 1030. The van der Waals surface area contributed by atoms with Crippen molar-refractivity contribution < 1.29 is 18.0 Å². The van der Waals surface area contributed by atoms with Gasteiger partial charge >= 0.3 is 0 Å². The molecule has 9 heteroatoms. The molecule has 0 N–H and O–H groups in total. The average Bonchev–Trinajstić information content (AvgIpc) is 3.19. The van der Waals surface area contributed by atoms with Gasteiger partial charge in [-0.1, -0.05) is 20.8 Å². The van der Waals surface area contributed by atoms with E-state index in [0.717, 1.165) is 31.5 Å². The first-order chi connectivity index (χ1) is 15.6. The summed E-state index contributed by atoms with van der Waals surface area (Å²) in [5, 5.41) is 0. The number of benzene rings is 1. The van der Waals surface area contributed by atoms with Crippen molar-refractivity contribution in [3.05, 3.63) is 22.2 Å². The zero-order valence-corrected chi connectivity index (χ0v) is 22.1. The number of halogens is 1. The quantitative estimate of drug-likeness (QED) is 0.584. The first-order valence-corrected chi connectivity index (χ1v) is 14.3. The van der Waals surface area contributed by atoms with Crippen LogP contribution in [0.3, 0.4) is 0 Å². The van der Waals surface area contributed by atoms with Gasteiger partial charge in [0, 0.05) is 55.2 Å². The zero-order valence-electron chi connectivity index (χ0n) is 19.7. The standard InChI is InChI=1S/C24H34BrN3O4S/c1-4-23(29)28-10-7-19-12-20(25)22(13-21(19)28)33(31,32)27-8-5-18(6-9-27)24(30)26-14-16(2)11-17(3)15-26/h12-13,16-18H,4-11,14-15H2,1-3H3/t16-,17-/m0/s1. The summed E-state index contributed by atoms with van der Waals surface area (Å²) in [5.41, 5.74) is 1.68. The molecule has 0 radical (unpaired) electrons. The van der Waals surface area contributed by atoms with E-state index in [1.807, 2.05) is 17.9 Å². The lowest BCUT2D eigenvalue weighted by Gasteiger charge is -2.39. The third-order valence-electron chi connectivity index (χ3n) is 7.23. The van der Waals surface area contributed by atoms with Gasteiger partial charge < -0.3 is 9.80 Å². The van der Waals surface area contributed by atoms with Crippen molar-refractivity contribution in [2.75, 3.05) is 37.6 Å². The van der Waals surface area contributed by atoms with Gasteiger partial charge in [-0.2, -0.15) is 4.31 Å². The summed E-state index contributed by atoms with van der Waals surface area (Å²) < 4.78 is 29.1. The lowest BCUT2D eigenvalue weighted by molar-refractivity contribution is -0.139. The number of sulfonamides is 1. The van der Waals surface area contributed by atoms with E-state index in [2.05, 4.69) is 29.8 Å². The van der Waals surface area contributed by atoms with Gasteiger partial charge in [0.2, 0.25) is 21.8 Å². The number of piperidine rings is 2. The van der Waals surface area contributed by atoms with Crippen LogP contribution in [0.4, 0.5) is 5.69 Å². The Kier molecular flexibility index (Phi) is 7.22. The molecule has 33 heavy (non-hydrogen) atoms. The van der Waals surface area contributed by atoms with Crippen LogP contribution < -0.4 is 4.90 Å². The number of nitrogens with zero attached hydrogens (tertiary/aromatic N) is 3. The molecular weight excluding hydrogens is 506 g/mol. The molecule has 0 saturated carbocycles. The second-order valence-corrected chi connectivity index (χ2v) is 12.7. The third-order valence-corrected chi connectivity index (χ3v) is 10.1. The van der Waals surface area contributed by atoms with Crippen LogP contribution in [0.15, 0.2) is 21.5 Å². The van der Waals surface area contributed by atoms with Crippen LogP contribution in [0.2, 0.25) is 0 Å². The Morgan fingerprint density at radius 2 is 1.70 bits per heavy atom. The first kappa shape index (κ1) is 24.7. The highest BCUT2D eigenvalue weighted by molar-refractivity contribution is 9.10. The van der Waals surface area contributed by atoms with Crippen LogP contribution in [0.1, 0.15) is 52.0 Å². The maximum atomic E-state index is 13.5. The zero-order chi connectivity index (χ0) is 23.9. The predicted molar refractivity (Wildman–Crippen MR) is 131 cm³/mol. The topological polar surface area (TPSA) is 78.0 Å². The van der Waals surface area contributed by atoms with Crippen molar-refractivity contribution in [3.63, 3.8) is 0 Å². The van der Waals surface area contributed by atoms with Crippen molar-refractivity contribution in [2.24, 2.45) is 17.8 Å². The van der Waals surface area contributed by atoms with E-state index in [-0.39, 0.29) is 22.6 Å². The number of rotatable bonds is 4. The van der Waals surface area contributed by atoms with Crippen LogP contribution in [0.5, 0.6) is 0 Å². The molecule has 0 bridgehead atoms. The summed E-state index contributed by atoms with van der Waals surface area (Å²) in [4.78, 5) is 29.3. The molecule has 182 valence electrons. The Labute approximate surface area is 205 Å². The fourth-order valence-corrected chi connectivity index (χ4v) is 8.16. The molecule has 0 aromatic heterocycles. The van der Waals surface area contributed by atoms with Gasteiger partial charge in [-0.25, -0.2) is 8.42 Å². The molecular formula is C24H34BrN3O4S. The van der Waals surface area contributed by atoms with Gasteiger partial charge in [-0.15, -0.1) is 0 Å². The number of carbonyl (C=O) groups excluding carboxylic acids is 2. The van der Waals surface area contributed by atoms with Gasteiger partial charge in [0.15, 0.2) is 0 Å². The summed E-state index contributed by atoms with van der Waals surface area (Å²) in [6.07, 6.45) is 3.34. The molecule has 3 heterocycles. The number of fused-ring (bicyclic) bond motifs is 1. The molecule has 4 rings (SSSR count). The summed E-state index contributed by atoms with van der Waals surface area (Å²) in [7, 11) is -3.74. The molecule has 0 unspecified atom stereocenters. The number of amides is 2. The molecule has 0 aliphatic carbocycles. The molecule has 1 aromatic carbocycles. The minimum absolute atomic E-state index is 0.0000894. The van der Waals surface area contributed by atoms with Gasteiger partial charge in [0.1, 0.15) is 0 Å². The molecule has 2 atom stereocenters. The monoisotopic (exact) mass is 539 g/mol. The lowest BCUT2D eigenvalue weighted by atomic mass is 9.89. The summed E-state index contributed by atoms with van der Waals surface area (Å²) in [5.74, 6) is 1.08. The largest absolute Gasteiger partial charge is 0.342 e. The van der Waals surface area contributed by atoms with E-state index < -0.39 is 10.0 Å². The van der Waals surface area contributed by atoms with Gasteiger partial charge in [-0.3, -0.25) is 9.59 Å². The normalized spacial score (nSPS) is 24.7. The highest BCUT2D eigenvalue weighted by atomic mass is 79.9. The Hall–Kier alpha value is -1.45.